The van der Waals surface area contributed by atoms with Crippen LogP contribution in [-0.4, -0.2) is 17.6 Å². The Hall–Kier alpha value is -0.570. The molecule has 100 valence electrons. The van der Waals surface area contributed by atoms with Crippen molar-refractivity contribution in [3.8, 4) is 0 Å². The van der Waals surface area contributed by atoms with Crippen LogP contribution in [0.25, 0.3) is 0 Å². The number of aliphatic carboxylic acids is 1. The molecule has 3 heteroatoms. The van der Waals surface area contributed by atoms with Gasteiger partial charge in [0, 0.05) is 6.54 Å². The van der Waals surface area contributed by atoms with E-state index in [0.29, 0.717) is 5.92 Å². The lowest BCUT2D eigenvalue weighted by atomic mass is 9.81. The van der Waals surface area contributed by atoms with Crippen LogP contribution in [0.4, 0.5) is 0 Å². The Balaban J connectivity index is 2.02. The van der Waals surface area contributed by atoms with E-state index < -0.39 is 5.97 Å². The van der Waals surface area contributed by atoms with Crippen LogP contribution in [0.3, 0.4) is 0 Å². The van der Waals surface area contributed by atoms with Gasteiger partial charge in [0.05, 0.1) is 5.92 Å². The van der Waals surface area contributed by atoms with Gasteiger partial charge in [0.2, 0.25) is 0 Å². The van der Waals surface area contributed by atoms with E-state index in [-0.39, 0.29) is 12.5 Å². The van der Waals surface area contributed by atoms with Gasteiger partial charge in [0.25, 0.3) is 0 Å². The molecule has 0 saturated heterocycles. The molecule has 1 fully saturated rings. The molecule has 0 aliphatic heterocycles. The molecule has 0 amide bonds. The Morgan fingerprint density at radius 2 is 2.06 bits per heavy atom. The zero-order chi connectivity index (χ0) is 12.7. The van der Waals surface area contributed by atoms with E-state index in [9.17, 15) is 4.79 Å². The lowest BCUT2D eigenvalue weighted by Gasteiger charge is -2.25. The summed E-state index contributed by atoms with van der Waals surface area (Å²) in [5.41, 5.74) is 5.44. The van der Waals surface area contributed by atoms with Crippen LogP contribution < -0.4 is 5.73 Å². The van der Waals surface area contributed by atoms with Gasteiger partial charge in [-0.2, -0.15) is 0 Å². The molecule has 0 aromatic heterocycles. The largest absolute Gasteiger partial charge is 0.481 e. The molecule has 1 unspecified atom stereocenters. The van der Waals surface area contributed by atoms with Gasteiger partial charge in [-0.25, -0.2) is 0 Å². The summed E-state index contributed by atoms with van der Waals surface area (Å²) >= 11 is 0. The van der Waals surface area contributed by atoms with Crippen molar-refractivity contribution in [1.29, 1.82) is 0 Å². The molecule has 1 aliphatic carbocycles. The van der Waals surface area contributed by atoms with E-state index in [2.05, 4.69) is 6.92 Å². The van der Waals surface area contributed by atoms with Gasteiger partial charge in [-0.1, -0.05) is 45.4 Å². The molecule has 1 saturated carbocycles. The van der Waals surface area contributed by atoms with Crippen LogP contribution in [0.2, 0.25) is 0 Å². The van der Waals surface area contributed by atoms with E-state index in [0.717, 1.165) is 18.8 Å². The maximum absolute atomic E-state index is 10.8. The van der Waals surface area contributed by atoms with Crippen molar-refractivity contribution >= 4 is 5.97 Å². The van der Waals surface area contributed by atoms with Gasteiger partial charge < -0.3 is 10.8 Å². The Kier molecular flexibility index (Phi) is 6.56. The van der Waals surface area contributed by atoms with E-state index in [1.54, 1.807) is 0 Å². The van der Waals surface area contributed by atoms with Crippen LogP contribution in [-0.2, 0) is 4.79 Å². The number of carboxylic acid groups (broad SMARTS) is 1. The fourth-order valence-electron chi connectivity index (χ4n) is 2.51. The standard InChI is InChI=1S/C14H27NO2/c1-11(4-2-5-12-6-3-7-12)8-9-13(10-15)14(16)17/h11-13H,2-10,15H2,1H3,(H,16,17)/t11?,13-/m1/s1. The van der Waals surface area contributed by atoms with Gasteiger partial charge in [0.15, 0.2) is 0 Å². The van der Waals surface area contributed by atoms with Crippen LogP contribution in [0, 0.1) is 17.8 Å². The highest BCUT2D eigenvalue weighted by molar-refractivity contribution is 5.70. The van der Waals surface area contributed by atoms with Crippen molar-refractivity contribution in [3.63, 3.8) is 0 Å². The van der Waals surface area contributed by atoms with E-state index in [4.69, 9.17) is 10.8 Å². The third-order valence-electron chi connectivity index (χ3n) is 4.18. The molecular weight excluding hydrogens is 214 g/mol. The summed E-state index contributed by atoms with van der Waals surface area (Å²) in [5, 5.41) is 8.89. The topological polar surface area (TPSA) is 63.3 Å². The molecule has 0 aromatic carbocycles. The van der Waals surface area contributed by atoms with Crippen molar-refractivity contribution in [1.82, 2.24) is 0 Å². The van der Waals surface area contributed by atoms with Gasteiger partial charge in [-0.05, 0) is 24.7 Å². The number of nitrogens with two attached hydrogens (primary N) is 1. The normalized spacial score (nSPS) is 19.6. The molecule has 17 heavy (non-hydrogen) atoms. The highest BCUT2D eigenvalue weighted by Crippen LogP contribution is 2.31. The third-order valence-corrected chi connectivity index (χ3v) is 4.18. The fraction of sp³-hybridized carbons (Fsp3) is 0.929. The van der Waals surface area contributed by atoms with Crippen LogP contribution in [0.15, 0.2) is 0 Å². The summed E-state index contributed by atoms with van der Waals surface area (Å²) in [6.45, 7) is 2.50. The van der Waals surface area contributed by atoms with E-state index in [1.807, 2.05) is 0 Å². The molecule has 2 atom stereocenters. The first-order chi connectivity index (χ1) is 8.13. The first kappa shape index (κ1) is 14.5. The number of carbonyl (C=O) groups is 1. The van der Waals surface area contributed by atoms with Crippen LogP contribution >= 0.6 is 0 Å². The quantitative estimate of drug-likeness (QED) is 0.652. The summed E-state index contributed by atoms with van der Waals surface area (Å²) < 4.78 is 0. The Labute approximate surface area is 105 Å². The summed E-state index contributed by atoms with van der Waals surface area (Å²) in [5.74, 6) is 0.555. The first-order valence-corrected chi connectivity index (χ1v) is 7.06. The third kappa shape index (κ3) is 5.53. The van der Waals surface area contributed by atoms with Gasteiger partial charge >= 0.3 is 5.97 Å². The average molecular weight is 241 g/mol. The second-order valence-electron chi connectivity index (χ2n) is 5.68. The molecule has 0 spiro atoms. The van der Waals surface area contributed by atoms with Crippen molar-refractivity contribution < 1.29 is 9.90 Å². The summed E-state index contributed by atoms with van der Waals surface area (Å²) in [6.07, 6.45) is 9.96. The monoisotopic (exact) mass is 241 g/mol. The van der Waals surface area contributed by atoms with Crippen molar-refractivity contribution in [2.24, 2.45) is 23.5 Å². The minimum atomic E-state index is -0.742. The lowest BCUT2D eigenvalue weighted by Crippen LogP contribution is -2.23. The predicted molar refractivity (Wildman–Crippen MR) is 69.8 cm³/mol. The predicted octanol–water partition coefficient (Wildman–Crippen LogP) is 3.03. The van der Waals surface area contributed by atoms with Gasteiger partial charge in [-0.15, -0.1) is 0 Å². The van der Waals surface area contributed by atoms with Crippen molar-refractivity contribution in [3.05, 3.63) is 0 Å². The molecule has 0 bridgehead atoms. The Bertz CT molecular complexity index is 226. The Morgan fingerprint density at radius 3 is 2.53 bits per heavy atom. The Morgan fingerprint density at radius 1 is 1.35 bits per heavy atom. The van der Waals surface area contributed by atoms with E-state index in [1.165, 1.54) is 38.5 Å². The minimum absolute atomic E-state index is 0.268. The zero-order valence-electron chi connectivity index (χ0n) is 11.0. The zero-order valence-corrected chi connectivity index (χ0v) is 11.0. The number of hydrogen-bond acceptors (Lipinski definition) is 2. The first-order valence-electron chi connectivity index (χ1n) is 7.06. The molecule has 1 aliphatic rings. The number of carboxylic acids is 1. The van der Waals surface area contributed by atoms with E-state index >= 15 is 0 Å². The summed E-state index contributed by atoms with van der Waals surface area (Å²) in [7, 11) is 0. The number of hydrogen-bond donors (Lipinski definition) is 2. The second-order valence-corrected chi connectivity index (χ2v) is 5.68. The fourth-order valence-corrected chi connectivity index (χ4v) is 2.51. The molecule has 3 N–H and O–H groups in total. The molecule has 0 radical (unpaired) electrons. The van der Waals surface area contributed by atoms with Crippen molar-refractivity contribution in [2.75, 3.05) is 6.54 Å². The maximum Gasteiger partial charge on any atom is 0.307 e. The number of rotatable bonds is 9. The molecule has 3 nitrogen and oxygen atoms in total. The summed E-state index contributed by atoms with van der Waals surface area (Å²) in [4.78, 5) is 10.8. The maximum atomic E-state index is 10.8. The second kappa shape index (κ2) is 7.70. The van der Waals surface area contributed by atoms with Gasteiger partial charge in [-0.3, -0.25) is 4.79 Å². The van der Waals surface area contributed by atoms with Crippen molar-refractivity contribution in [2.45, 2.75) is 58.3 Å². The molecule has 1 rings (SSSR count). The highest BCUT2D eigenvalue weighted by Gasteiger charge is 2.18. The SMILES string of the molecule is CC(CCCC1CCC1)CC[C@H](CN)C(=O)O. The smallest absolute Gasteiger partial charge is 0.307 e. The highest BCUT2D eigenvalue weighted by atomic mass is 16.4. The summed E-state index contributed by atoms with van der Waals surface area (Å²) in [6, 6.07) is 0. The van der Waals surface area contributed by atoms with Crippen LogP contribution in [0.5, 0.6) is 0 Å². The lowest BCUT2D eigenvalue weighted by molar-refractivity contribution is -0.141. The minimum Gasteiger partial charge on any atom is -0.481 e. The molecule has 0 aromatic rings. The molecular formula is C14H27NO2. The van der Waals surface area contributed by atoms with Crippen LogP contribution in [0.1, 0.15) is 58.3 Å². The average Bonchev–Trinajstić information content (AvgIpc) is 2.22. The van der Waals surface area contributed by atoms with Gasteiger partial charge in [0.1, 0.15) is 0 Å². The molecule has 0 heterocycles.